The maximum Gasteiger partial charge on any atom is 0.279 e. The number of ether oxygens (including phenoxy) is 1. The first-order chi connectivity index (χ1) is 12.0. The second kappa shape index (κ2) is 9.46. The van der Waals surface area contributed by atoms with Gasteiger partial charge in [0.1, 0.15) is 5.75 Å². The molecule has 3 N–H and O–H groups in total. The van der Waals surface area contributed by atoms with E-state index in [1.54, 1.807) is 25.1 Å². The Kier molecular flexibility index (Phi) is 7.31. The van der Waals surface area contributed by atoms with Crippen molar-refractivity contribution in [2.75, 3.05) is 0 Å². The maximum atomic E-state index is 12.0. The van der Waals surface area contributed by atoms with Crippen molar-refractivity contribution in [2.24, 2.45) is 0 Å². The topological polar surface area (TPSA) is 62.4 Å². The van der Waals surface area contributed by atoms with Gasteiger partial charge in [-0.15, -0.1) is 0 Å². The molecule has 0 saturated heterocycles. The van der Waals surface area contributed by atoms with E-state index in [9.17, 15) is 4.79 Å². The summed E-state index contributed by atoms with van der Waals surface area (Å²) in [7, 11) is 0. The van der Waals surface area contributed by atoms with Gasteiger partial charge in [0.05, 0.1) is 5.02 Å². The fraction of sp³-hybridized carbons (Fsp3) is 0.176. The highest BCUT2D eigenvalue weighted by Crippen LogP contribution is 2.28. The highest BCUT2D eigenvalue weighted by atomic mass is 35.5. The average Bonchev–Trinajstić information content (AvgIpc) is 2.61. The van der Waals surface area contributed by atoms with E-state index in [-0.39, 0.29) is 0 Å². The van der Waals surface area contributed by atoms with Crippen LogP contribution in [0.5, 0.6) is 5.75 Å². The first-order valence-corrected chi connectivity index (χ1v) is 8.61. The number of halogens is 2. The number of hydrogen-bond acceptors (Lipinski definition) is 3. The molecular weight excluding hydrogens is 381 g/mol. The molecule has 0 radical (unpaired) electrons. The molecule has 5 nitrogen and oxygen atoms in total. The summed E-state index contributed by atoms with van der Waals surface area (Å²) in [5.74, 6) is -0.0200. The molecule has 1 atom stereocenters. The van der Waals surface area contributed by atoms with Gasteiger partial charge in [-0.2, -0.15) is 0 Å². The molecule has 2 aromatic carbocycles. The number of hydrazine groups is 1. The van der Waals surface area contributed by atoms with Gasteiger partial charge in [-0.05, 0) is 42.9 Å². The monoisotopic (exact) mass is 397 g/mol. The Bertz CT molecular complexity index is 744. The molecule has 1 amide bonds. The van der Waals surface area contributed by atoms with Gasteiger partial charge >= 0.3 is 0 Å². The molecule has 0 fully saturated rings. The van der Waals surface area contributed by atoms with E-state index in [0.29, 0.717) is 27.5 Å². The lowest BCUT2D eigenvalue weighted by Crippen LogP contribution is -2.50. The SMILES string of the molecule is CC(Oc1ccc(Cl)cc1Cl)C(=O)NNC(=S)NCc1ccccc1. The summed E-state index contributed by atoms with van der Waals surface area (Å²) in [6, 6.07) is 14.5. The smallest absolute Gasteiger partial charge is 0.279 e. The number of nitrogens with one attached hydrogen (secondary N) is 3. The van der Waals surface area contributed by atoms with Crippen molar-refractivity contribution >= 4 is 46.4 Å². The molecule has 0 aliphatic rings. The molecule has 0 heterocycles. The van der Waals surface area contributed by atoms with E-state index in [4.69, 9.17) is 40.2 Å². The molecule has 0 saturated carbocycles. The summed E-state index contributed by atoms with van der Waals surface area (Å²) >= 11 is 17.0. The van der Waals surface area contributed by atoms with Gasteiger partial charge in [0.15, 0.2) is 11.2 Å². The van der Waals surface area contributed by atoms with E-state index in [0.717, 1.165) is 5.56 Å². The zero-order valence-electron chi connectivity index (χ0n) is 13.4. The van der Waals surface area contributed by atoms with Gasteiger partial charge in [-0.25, -0.2) is 0 Å². The second-order valence-corrected chi connectivity index (χ2v) is 6.37. The molecular formula is C17H17Cl2N3O2S. The van der Waals surface area contributed by atoms with Crippen LogP contribution in [0.4, 0.5) is 0 Å². The number of thiocarbonyl (C=S) groups is 1. The Morgan fingerprint density at radius 3 is 2.56 bits per heavy atom. The zero-order chi connectivity index (χ0) is 18.2. The number of amides is 1. The lowest BCUT2D eigenvalue weighted by atomic mass is 10.2. The van der Waals surface area contributed by atoms with Crippen LogP contribution in [0.1, 0.15) is 12.5 Å². The summed E-state index contributed by atoms with van der Waals surface area (Å²) in [4.78, 5) is 12.0. The van der Waals surface area contributed by atoms with E-state index in [1.807, 2.05) is 30.3 Å². The van der Waals surface area contributed by atoms with Crippen molar-refractivity contribution < 1.29 is 9.53 Å². The van der Waals surface area contributed by atoms with Crippen LogP contribution in [0.2, 0.25) is 10.0 Å². The van der Waals surface area contributed by atoms with Crippen molar-refractivity contribution in [3.05, 3.63) is 64.1 Å². The number of carbonyl (C=O) groups is 1. The quantitative estimate of drug-likeness (QED) is 0.532. The zero-order valence-corrected chi connectivity index (χ0v) is 15.7. The minimum atomic E-state index is -0.775. The number of rotatable bonds is 5. The van der Waals surface area contributed by atoms with Crippen LogP contribution in [-0.4, -0.2) is 17.1 Å². The van der Waals surface area contributed by atoms with Crippen molar-refractivity contribution in [1.82, 2.24) is 16.2 Å². The lowest BCUT2D eigenvalue weighted by molar-refractivity contribution is -0.127. The molecule has 0 aliphatic heterocycles. The molecule has 2 aromatic rings. The molecule has 0 aliphatic carbocycles. The van der Waals surface area contributed by atoms with Crippen molar-refractivity contribution in [3.63, 3.8) is 0 Å². The van der Waals surface area contributed by atoms with Gasteiger partial charge in [0, 0.05) is 11.6 Å². The van der Waals surface area contributed by atoms with Crippen LogP contribution in [0, 0.1) is 0 Å². The molecule has 132 valence electrons. The molecule has 0 bridgehead atoms. The summed E-state index contributed by atoms with van der Waals surface area (Å²) in [5.41, 5.74) is 6.19. The molecule has 0 spiro atoms. The Labute approximate surface area is 161 Å². The Hall–Kier alpha value is -2.02. The van der Waals surface area contributed by atoms with Gasteiger partial charge < -0.3 is 10.1 Å². The predicted octanol–water partition coefficient (Wildman–Crippen LogP) is 3.46. The van der Waals surface area contributed by atoms with Crippen LogP contribution in [-0.2, 0) is 11.3 Å². The molecule has 2 rings (SSSR count). The fourth-order valence-corrected chi connectivity index (χ4v) is 2.43. The largest absolute Gasteiger partial charge is 0.479 e. The van der Waals surface area contributed by atoms with Crippen LogP contribution in [0.3, 0.4) is 0 Å². The van der Waals surface area contributed by atoms with Gasteiger partial charge in [-0.3, -0.25) is 15.6 Å². The summed E-state index contributed by atoms with van der Waals surface area (Å²) in [6.07, 6.45) is -0.775. The van der Waals surface area contributed by atoms with Gasteiger partial charge in [0.2, 0.25) is 0 Å². The van der Waals surface area contributed by atoms with Crippen molar-refractivity contribution in [1.29, 1.82) is 0 Å². The average molecular weight is 398 g/mol. The minimum Gasteiger partial charge on any atom is -0.479 e. The lowest BCUT2D eigenvalue weighted by Gasteiger charge is -2.17. The third-order valence-corrected chi connectivity index (χ3v) is 3.94. The third-order valence-electron chi connectivity index (χ3n) is 3.16. The van der Waals surface area contributed by atoms with Crippen LogP contribution >= 0.6 is 35.4 Å². The normalized spacial score (nSPS) is 11.3. The Morgan fingerprint density at radius 1 is 1.16 bits per heavy atom. The van der Waals surface area contributed by atoms with E-state index in [2.05, 4.69) is 16.2 Å². The molecule has 1 unspecified atom stereocenters. The van der Waals surface area contributed by atoms with E-state index in [1.165, 1.54) is 0 Å². The minimum absolute atomic E-state index is 0.300. The standard InChI is InChI=1S/C17H17Cl2N3O2S/c1-11(24-15-8-7-13(18)9-14(15)19)16(23)21-22-17(25)20-10-12-5-3-2-4-6-12/h2-9,11H,10H2,1H3,(H,21,23)(H2,20,22,25). The Morgan fingerprint density at radius 2 is 1.88 bits per heavy atom. The summed E-state index contributed by atoms with van der Waals surface area (Å²) < 4.78 is 5.52. The van der Waals surface area contributed by atoms with Crippen LogP contribution in [0.25, 0.3) is 0 Å². The van der Waals surface area contributed by atoms with Crippen molar-refractivity contribution in [3.8, 4) is 5.75 Å². The first kappa shape index (κ1) is 19.3. The fourth-order valence-electron chi connectivity index (χ4n) is 1.86. The van der Waals surface area contributed by atoms with Crippen molar-refractivity contribution in [2.45, 2.75) is 19.6 Å². The number of benzene rings is 2. The number of carbonyl (C=O) groups excluding carboxylic acids is 1. The van der Waals surface area contributed by atoms with Crippen LogP contribution in [0.15, 0.2) is 48.5 Å². The van der Waals surface area contributed by atoms with E-state index >= 15 is 0 Å². The Balaban J connectivity index is 1.76. The second-order valence-electron chi connectivity index (χ2n) is 5.12. The van der Waals surface area contributed by atoms with E-state index < -0.39 is 12.0 Å². The summed E-state index contributed by atoms with van der Waals surface area (Å²) in [5, 5.41) is 4.11. The molecule has 8 heteroatoms. The molecule has 0 aromatic heterocycles. The van der Waals surface area contributed by atoms with Crippen LogP contribution < -0.4 is 20.9 Å². The highest BCUT2D eigenvalue weighted by molar-refractivity contribution is 7.80. The van der Waals surface area contributed by atoms with Gasteiger partial charge in [-0.1, -0.05) is 53.5 Å². The number of hydrogen-bond donors (Lipinski definition) is 3. The maximum absolute atomic E-state index is 12.0. The summed E-state index contributed by atoms with van der Waals surface area (Å²) in [6.45, 7) is 2.15. The van der Waals surface area contributed by atoms with Gasteiger partial charge in [0.25, 0.3) is 5.91 Å². The predicted molar refractivity (Wildman–Crippen MR) is 104 cm³/mol. The first-order valence-electron chi connectivity index (χ1n) is 7.45. The highest BCUT2D eigenvalue weighted by Gasteiger charge is 2.16. The molecule has 25 heavy (non-hydrogen) atoms. The third kappa shape index (κ3) is 6.42.